The summed E-state index contributed by atoms with van der Waals surface area (Å²) in [6, 6.07) is 12.4. The van der Waals surface area contributed by atoms with E-state index in [9.17, 15) is 8.42 Å². The van der Waals surface area contributed by atoms with Gasteiger partial charge in [0.2, 0.25) is 10.0 Å². The molecule has 1 aliphatic carbocycles. The molecule has 2 aliphatic rings. The van der Waals surface area contributed by atoms with Gasteiger partial charge in [0.15, 0.2) is 0 Å². The molecule has 0 spiro atoms. The first-order valence-electron chi connectivity index (χ1n) is 10.2. The number of benzene rings is 2. The Morgan fingerprint density at radius 1 is 1.17 bits per heavy atom. The van der Waals surface area contributed by atoms with Gasteiger partial charge in [-0.3, -0.25) is 0 Å². The van der Waals surface area contributed by atoms with Crippen molar-refractivity contribution < 1.29 is 13.2 Å². The molecule has 1 heterocycles. The molecule has 0 fully saturated rings. The first kappa shape index (κ1) is 20.0. The third-order valence-electron chi connectivity index (χ3n) is 5.99. The maximum absolute atomic E-state index is 12.5. The van der Waals surface area contributed by atoms with Crippen LogP contribution in [0.4, 0.5) is 11.4 Å². The topological polar surface area (TPSA) is 70.7 Å². The number of sulfonamides is 1. The molecule has 4 rings (SSSR count). The Balaban J connectivity index is 1.50. The quantitative estimate of drug-likeness (QED) is 0.725. The Hall–Kier alpha value is -2.25. The van der Waals surface area contributed by atoms with E-state index in [2.05, 4.69) is 34.9 Å². The highest BCUT2D eigenvalue weighted by Crippen LogP contribution is 2.37. The normalized spacial score (nSPS) is 18.0. The Bertz CT molecular complexity index is 991. The van der Waals surface area contributed by atoms with Crippen LogP contribution in [0.2, 0.25) is 0 Å². The number of nitrogens with zero attached hydrogens (tertiary/aromatic N) is 1. The molecular formula is C22H29N3O3S. The third-order valence-corrected chi connectivity index (χ3v) is 7.26. The number of hydrogen-bond donors (Lipinski definition) is 2. The highest BCUT2D eigenvalue weighted by Gasteiger charge is 2.27. The van der Waals surface area contributed by atoms with Crippen molar-refractivity contribution in [3.8, 4) is 5.75 Å². The van der Waals surface area contributed by atoms with Crippen LogP contribution in [0, 0.1) is 0 Å². The fraction of sp³-hybridized carbons (Fsp3) is 0.455. The number of anilines is 2. The van der Waals surface area contributed by atoms with Crippen LogP contribution < -0.4 is 15.4 Å². The lowest BCUT2D eigenvalue weighted by Gasteiger charge is -2.31. The molecule has 0 saturated carbocycles. The maximum atomic E-state index is 12.5. The minimum atomic E-state index is -3.29. The van der Waals surface area contributed by atoms with Crippen molar-refractivity contribution in [2.75, 3.05) is 43.8 Å². The van der Waals surface area contributed by atoms with Crippen LogP contribution in [-0.2, 0) is 22.9 Å². The van der Waals surface area contributed by atoms with Crippen LogP contribution >= 0.6 is 0 Å². The van der Waals surface area contributed by atoms with Gasteiger partial charge in [0.1, 0.15) is 5.75 Å². The second-order valence-electron chi connectivity index (χ2n) is 7.90. The Labute approximate surface area is 173 Å². The summed E-state index contributed by atoms with van der Waals surface area (Å²) in [7, 11) is -1.59. The first-order valence-corrected chi connectivity index (χ1v) is 12.0. The van der Waals surface area contributed by atoms with Gasteiger partial charge >= 0.3 is 0 Å². The van der Waals surface area contributed by atoms with Gasteiger partial charge in [-0.2, -0.15) is 0 Å². The molecule has 7 heteroatoms. The summed E-state index contributed by atoms with van der Waals surface area (Å²) in [6.45, 7) is 1.74. The van der Waals surface area contributed by atoms with Crippen molar-refractivity contribution in [1.29, 1.82) is 0 Å². The van der Waals surface area contributed by atoms with Crippen molar-refractivity contribution >= 4 is 21.4 Å². The number of fused-ring (bicyclic) bond motifs is 2. The van der Waals surface area contributed by atoms with Crippen molar-refractivity contribution in [2.24, 2.45) is 0 Å². The standard InChI is InChI=1S/C22H29N3O3S/c1-28-22-8-4-6-18-17(5-3-7-19(18)22)14-25(29(2,26)27)12-11-16-9-10-20-21(13-16)24-15-23-20/h4,6,8-10,13,17,23-24H,3,5,7,11-12,14-15H2,1-2H3. The lowest BCUT2D eigenvalue weighted by molar-refractivity contribution is 0.363. The summed E-state index contributed by atoms with van der Waals surface area (Å²) in [4.78, 5) is 0. The van der Waals surface area contributed by atoms with Crippen LogP contribution in [0.15, 0.2) is 36.4 Å². The molecule has 2 aromatic rings. The zero-order chi connectivity index (χ0) is 20.4. The maximum Gasteiger partial charge on any atom is 0.211 e. The van der Waals surface area contributed by atoms with E-state index in [4.69, 9.17) is 4.74 Å². The average molecular weight is 416 g/mol. The van der Waals surface area contributed by atoms with Crippen LogP contribution in [0.5, 0.6) is 5.75 Å². The SMILES string of the molecule is COc1cccc2c1CCCC2CN(CCc1ccc2c(c1)NCN2)S(C)(=O)=O. The van der Waals surface area contributed by atoms with E-state index in [0.29, 0.717) is 19.5 Å². The van der Waals surface area contributed by atoms with Crippen molar-refractivity contribution in [1.82, 2.24) is 4.31 Å². The summed E-state index contributed by atoms with van der Waals surface area (Å²) in [5.74, 6) is 1.12. The van der Waals surface area contributed by atoms with Gasteiger partial charge < -0.3 is 15.4 Å². The molecule has 0 amide bonds. The lowest BCUT2D eigenvalue weighted by atomic mass is 9.82. The molecule has 156 valence electrons. The highest BCUT2D eigenvalue weighted by atomic mass is 32.2. The molecule has 2 N–H and O–H groups in total. The van der Waals surface area contributed by atoms with Crippen LogP contribution in [0.1, 0.15) is 35.4 Å². The molecule has 2 aromatic carbocycles. The van der Waals surface area contributed by atoms with Gasteiger partial charge in [0.05, 0.1) is 31.4 Å². The average Bonchev–Trinajstić information content (AvgIpc) is 3.17. The van der Waals surface area contributed by atoms with E-state index in [-0.39, 0.29) is 5.92 Å². The summed E-state index contributed by atoms with van der Waals surface area (Å²) in [6.07, 6.45) is 5.06. The fourth-order valence-corrected chi connectivity index (χ4v) is 5.34. The van der Waals surface area contributed by atoms with Crippen LogP contribution in [0.3, 0.4) is 0 Å². The monoisotopic (exact) mass is 415 g/mol. The molecule has 6 nitrogen and oxygen atoms in total. The number of rotatable bonds is 7. The van der Waals surface area contributed by atoms with Crippen LogP contribution in [0.25, 0.3) is 0 Å². The molecule has 1 aliphatic heterocycles. The van der Waals surface area contributed by atoms with E-state index in [0.717, 1.165) is 48.6 Å². The van der Waals surface area contributed by atoms with Gasteiger partial charge in [-0.15, -0.1) is 0 Å². The predicted molar refractivity (Wildman–Crippen MR) is 117 cm³/mol. The number of ether oxygens (including phenoxy) is 1. The van der Waals surface area contributed by atoms with E-state index in [1.807, 2.05) is 12.1 Å². The van der Waals surface area contributed by atoms with Gasteiger partial charge in [-0.25, -0.2) is 12.7 Å². The molecule has 0 radical (unpaired) electrons. The van der Waals surface area contributed by atoms with E-state index < -0.39 is 10.0 Å². The van der Waals surface area contributed by atoms with Crippen molar-refractivity contribution in [2.45, 2.75) is 31.6 Å². The lowest BCUT2D eigenvalue weighted by Crippen LogP contribution is -2.36. The van der Waals surface area contributed by atoms with Gasteiger partial charge in [-0.05, 0) is 66.5 Å². The predicted octanol–water partition coefficient (Wildman–Crippen LogP) is 3.41. The largest absolute Gasteiger partial charge is 0.496 e. The Kier molecular flexibility index (Phi) is 5.69. The van der Waals surface area contributed by atoms with Gasteiger partial charge in [0.25, 0.3) is 0 Å². The van der Waals surface area contributed by atoms with Crippen molar-refractivity contribution in [3.63, 3.8) is 0 Å². The summed E-state index contributed by atoms with van der Waals surface area (Å²) < 4.78 is 32.2. The smallest absolute Gasteiger partial charge is 0.211 e. The molecular weight excluding hydrogens is 386 g/mol. The van der Waals surface area contributed by atoms with E-state index in [1.54, 1.807) is 11.4 Å². The zero-order valence-electron chi connectivity index (χ0n) is 17.1. The molecule has 29 heavy (non-hydrogen) atoms. The minimum absolute atomic E-state index is 0.203. The summed E-state index contributed by atoms with van der Waals surface area (Å²) in [5, 5.41) is 6.55. The second-order valence-corrected chi connectivity index (χ2v) is 9.88. The molecule has 0 aromatic heterocycles. The Morgan fingerprint density at radius 3 is 2.79 bits per heavy atom. The highest BCUT2D eigenvalue weighted by molar-refractivity contribution is 7.88. The molecule has 1 atom stereocenters. The minimum Gasteiger partial charge on any atom is -0.496 e. The number of nitrogens with one attached hydrogen (secondary N) is 2. The fourth-order valence-electron chi connectivity index (χ4n) is 4.47. The number of methoxy groups -OCH3 is 1. The van der Waals surface area contributed by atoms with Crippen molar-refractivity contribution in [3.05, 3.63) is 53.1 Å². The van der Waals surface area contributed by atoms with E-state index >= 15 is 0 Å². The summed E-state index contributed by atoms with van der Waals surface area (Å²) in [5.41, 5.74) is 5.79. The van der Waals surface area contributed by atoms with Gasteiger partial charge in [0, 0.05) is 13.1 Å². The van der Waals surface area contributed by atoms with Gasteiger partial charge in [-0.1, -0.05) is 18.2 Å². The number of hydrogen-bond acceptors (Lipinski definition) is 5. The zero-order valence-corrected chi connectivity index (χ0v) is 17.9. The third kappa shape index (κ3) is 4.36. The Morgan fingerprint density at radius 2 is 2.00 bits per heavy atom. The second kappa shape index (κ2) is 8.24. The van der Waals surface area contributed by atoms with E-state index in [1.165, 1.54) is 17.4 Å². The molecule has 0 saturated heterocycles. The molecule has 1 unspecified atom stereocenters. The van der Waals surface area contributed by atoms with Crippen LogP contribution in [-0.4, -0.2) is 45.8 Å². The molecule has 0 bridgehead atoms. The first-order chi connectivity index (χ1) is 14.0. The summed E-state index contributed by atoms with van der Waals surface area (Å²) >= 11 is 0.